The summed E-state index contributed by atoms with van der Waals surface area (Å²) in [5.41, 5.74) is 0.822. The predicted octanol–water partition coefficient (Wildman–Crippen LogP) is 2.38. The number of morpholine rings is 1. The van der Waals surface area contributed by atoms with Crippen LogP contribution in [0.3, 0.4) is 0 Å². The third kappa shape index (κ3) is 8.09. The second kappa shape index (κ2) is 14.9. The van der Waals surface area contributed by atoms with E-state index in [1.807, 2.05) is 54.6 Å². The first-order valence-electron chi connectivity index (χ1n) is 15.3. The van der Waals surface area contributed by atoms with Gasteiger partial charge in [-0.1, -0.05) is 60.7 Å². The molecule has 11 heteroatoms. The number of carbonyl (C=O) groups excluding carboxylic acids is 3. The Hall–Kier alpha value is -3.64. The van der Waals surface area contributed by atoms with Crippen LogP contribution in [0.15, 0.2) is 77.7 Å². The molecule has 2 heterocycles. The van der Waals surface area contributed by atoms with Crippen molar-refractivity contribution in [1.82, 2.24) is 19.8 Å². The maximum atomic E-state index is 13.4. The largest absolute Gasteiger partial charge is 0.379 e. The average molecular weight is 621 g/mol. The van der Waals surface area contributed by atoms with E-state index in [-0.39, 0.29) is 30.3 Å². The maximum absolute atomic E-state index is 13.4. The summed E-state index contributed by atoms with van der Waals surface area (Å²) < 4.78 is 33.5. The van der Waals surface area contributed by atoms with Gasteiger partial charge in [0.25, 0.3) is 5.91 Å². The summed E-state index contributed by atoms with van der Waals surface area (Å²) in [6, 6.07) is 20.9. The molecule has 0 radical (unpaired) electrons. The molecule has 0 spiro atoms. The number of benzene rings is 3. The zero-order chi connectivity index (χ0) is 30.9. The number of carbonyl (C=O) groups is 3. The summed E-state index contributed by atoms with van der Waals surface area (Å²) in [5, 5.41) is 7.35. The first-order chi connectivity index (χ1) is 21.3. The number of nitrogens with one attached hydrogen (secondary N) is 2. The quantitative estimate of drug-likeness (QED) is 0.235. The van der Waals surface area contributed by atoms with Gasteiger partial charge in [-0.05, 0) is 54.3 Å². The maximum Gasteiger partial charge on any atom is 0.289 e. The number of fused-ring (bicyclic) bond motifs is 1. The number of rotatable bonds is 12. The molecule has 0 bridgehead atoms. The highest BCUT2D eigenvalue weighted by atomic mass is 32.2. The number of piperidine rings is 1. The van der Waals surface area contributed by atoms with Crippen LogP contribution >= 0.6 is 0 Å². The first kappa shape index (κ1) is 31.8. The molecule has 44 heavy (non-hydrogen) atoms. The van der Waals surface area contributed by atoms with Gasteiger partial charge in [0.2, 0.25) is 21.7 Å². The summed E-state index contributed by atoms with van der Waals surface area (Å²) in [5.74, 6) is -2.22. The van der Waals surface area contributed by atoms with Gasteiger partial charge in [-0.2, -0.15) is 4.31 Å². The zero-order valence-electron chi connectivity index (χ0n) is 24.8. The van der Waals surface area contributed by atoms with Crippen LogP contribution in [0.4, 0.5) is 0 Å². The van der Waals surface area contributed by atoms with Gasteiger partial charge in [-0.15, -0.1) is 0 Å². The molecule has 2 fully saturated rings. The van der Waals surface area contributed by atoms with E-state index in [0.717, 1.165) is 36.0 Å². The molecular formula is C33H40N4O6S. The van der Waals surface area contributed by atoms with E-state index in [1.54, 1.807) is 18.2 Å². The van der Waals surface area contributed by atoms with Crippen molar-refractivity contribution >= 4 is 38.4 Å². The van der Waals surface area contributed by atoms with Gasteiger partial charge in [0, 0.05) is 45.1 Å². The zero-order valence-corrected chi connectivity index (χ0v) is 25.6. The van der Waals surface area contributed by atoms with Crippen molar-refractivity contribution in [2.45, 2.75) is 36.6 Å². The topological polar surface area (TPSA) is 125 Å². The molecule has 2 aliphatic rings. The number of Topliss-reactive ketones (excluding diaryl/α,β-unsaturated/α-hetero) is 1. The number of hydrogen-bond donors (Lipinski definition) is 2. The lowest BCUT2D eigenvalue weighted by atomic mass is 9.95. The van der Waals surface area contributed by atoms with E-state index in [0.29, 0.717) is 39.0 Å². The second-order valence-corrected chi connectivity index (χ2v) is 13.3. The number of hydrogen-bond acceptors (Lipinski definition) is 7. The molecule has 2 saturated heterocycles. The van der Waals surface area contributed by atoms with Gasteiger partial charge < -0.3 is 15.4 Å². The molecule has 0 aromatic heterocycles. The normalized spacial score (nSPS) is 17.6. The van der Waals surface area contributed by atoms with Crippen LogP contribution in [0.2, 0.25) is 0 Å². The Morgan fingerprint density at radius 1 is 0.864 bits per heavy atom. The summed E-state index contributed by atoms with van der Waals surface area (Å²) >= 11 is 0. The minimum absolute atomic E-state index is 0.182. The van der Waals surface area contributed by atoms with Crippen molar-refractivity contribution in [2.75, 3.05) is 52.5 Å². The lowest BCUT2D eigenvalue weighted by Crippen LogP contribution is -2.51. The molecule has 0 aliphatic carbocycles. The van der Waals surface area contributed by atoms with Crippen LogP contribution in [0.25, 0.3) is 10.8 Å². The van der Waals surface area contributed by atoms with E-state index in [9.17, 15) is 22.8 Å². The molecule has 2 amide bonds. The van der Waals surface area contributed by atoms with Gasteiger partial charge in [0.15, 0.2) is 0 Å². The summed E-state index contributed by atoms with van der Waals surface area (Å²) in [6.45, 7) is 4.65. The molecule has 234 valence electrons. The SMILES string of the molecule is O=C(NCCCN1CCOCC1)C(=O)C(Cc1ccccc1)NC(=O)C1CCN(S(=O)(=O)c2ccc3ccccc3c2)CC1. The van der Waals surface area contributed by atoms with Crippen LogP contribution in [0.1, 0.15) is 24.8 Å². The molecule has 2 aliphatic heterocycles. The Morgan fingerprint density at radius 3 is 2.27 bits per heavy atom. The third-order valence-corrected chi connectivity index (χ3v) is 10.3. The summed E-state index contributed by atoms with van der Waals surface area (Å²) in [6.07, 6.45) is 1.52. The number of nitrogens with zero attached hydrogens (tertiary/aromatic N) is 2. The van der Waals surface area contributed by atoms with Crippen molar-refractivity contribution in [3.63, 3.8) is 0 Å². The third-order valence-electron chi connectivity index (χ3n) is 8.36. The molecule has 1 atom stereocenters. The van der Waals surface area contributed by atoms with E-state index in [2.05, 4.69) is 15.5 Å². The van der Waals surface area contributed by atoms with E-state index < -0.39 is 33.7 Å². The van der Waals surface area contributed by atoms with Crippen molar-refractivity contribution in [1.29, 1.82) is 0 Å². The summed E-state index contributed by atoms with van der Waals surface area (Å²) in [4.78, 5) is 41.9. The summed E-state index contributed by atoms with van der Waals surface area (Å²) in [7, 11) is -3.72. The predicted molar refractivity (Wildman–Crippen MR) is 167 cm³/mol. The molecule has 10 nitrogen and oxygen atoms in total. The minimum atomic E-state index is -3.72. The van der Waals surface area contributed by atoms with Crippen molar-refractivity contribution in [3.05, 3.63) is 78.4 Å². The standard InChI is InChI=1S/C33H40N4O6S/c38-31(33(40)34-15-6-16-36-19-21-43-22-20-36)30(23-25-7-2-1-3-8-25)35-32(39)27-13-17-37(18-14-27)44(41,42)29-12-11-26-9-4-5-10-28(26)24-29/h1-5,7-12,24,27,30H,6,13-23H2,(H,34,40)(H,35,39). The fraction of sp³-hybridized carbons (Fsp3) is 0.424. The molecule has 2 N–H and O–H groups in total. The molecule has 3 aromatic rings. The monoisotopic (exact) mass is 620 g/mol. The molecule has 5 rings (SSSR count). The Morgan fingerprint density at radius 2 is 1.55 bits per heavy atom. The lowest BCUT2D eigenvalue weighted by molar-refractivity contribution is -0.140. The fourth-order valence-electron chi connectivity index (χ4n) is 5.76. The van der Waals surface area contributed by atoms with Crippen molar-refractivity contribution in [3.8, 4) is 0 Å². The molecule has 0 saturated carbocycles. The number of amides is 2. The van der Waals surface area contributed by atoms with E-state index in [4.69, 9.17) is 4.74 Å². The number of sulfonamides is 1. The van der Waals surface area contributed by atoms with Gasteiger partial charge in [-0.25, -0.2) is 8.42 Å². The Balaban J connectivity index is 1.17. The Bertz CT molecular complexity index is 1550. The van der Waals surface area contributed by atoms with Crippen LogP contribution in [0.5, 0.6) is 0 Å². The number of ether oxygens (including phenoxy) is 1. The van der Waals surface area contributed by atoms with Crippen LogP contribution < -0.4 is 10.6 Å². The molecule has 3 aromatic carbocycles. The minimum Gasteiger partial charge on any atom is -0.379 e. The van der Waals surface area contributed by atoms with E-state index in [1.165, 1.54) is 4.31 Å². The average Bonchev–Trinajstić information content (AvgIpc) is 3.06. The van der Waals surface area contributed by atoms with Gasteiger partial charge in [0.1, 0.15) is 6.04 Å². The van der Waals surface area contributed by atoms with E-state index >= 15 is 0 Å². The first-order valence-corrected chi connectivity index (χ1v) is 16.7. The Kier molecular flexibility index (Phi) is 10.8. The highest BCUT2D eigenvalue weighted by Crippen LogP contribution is 2.26. The van der Waals surface area contributed by atoms with Gasteiger partial charge in [-0.3, -0.25) is 19.3 Å². The van der Waals surface area contributed by atoms with Crippen LogP contribution in [0, 0.1) is 5.92 Å². The highest BCUT2D eigenvalue weighted by molar-refractivity contribution is 7.89. The molecule has 1 unspecified atom stereocenters. The van der Waals surface area contributed by atoms with Crippen LogP contribution in [-0.4, -0.2) is 93.7 Å². The van der Waals surface area contributed by atoms with Crippen molar-refractivity contribution in [2.24, 2.45) is 5.92 Å². The molecular weight excluding hydrogens is 580 g/mol. The van der Waals surface area contributed by atoms with Crippen LogP contribution in [-0.2, 0) is 35.6 Å². The number of ketones is 1. The second-order valence-electron chi connectivity index (χ2n) is 11.4. The lowest BCUT2D eigenvalue weighted by Gasteiger charge is -2.31. The van der Waals surface area contributed by atoms with Crippen molar-refractivity contribution < 1.29 is 27.5 Å². The highest BCUT2D eigenvalue weighted by Gasteiger charge is 2.34. The fourth-order valence-corrected chi connectivity index (χ4v) is 7.26. The smallest absolute Gasteiger partial charge is 0.289 e. The van der Waals surface area contributed by atoms with Gasteiger partial charge in [0.05, 0.1) is 18.1 Å². The van der Waals surface area contributed by atoms with Gasteiger partial charge >= 0.3 is 0 Å². The Labute approximate surface area is 258 Å².